The Morgan fingerprint density at radius 3 is 2.43 bits per heavy atom. The molecule has 0 atom stereocenters. The van der Waals surface area contributed by atoms with E-state index in [4.69, 9.17) is 9.56 Å². The maximum Gasteiger partial charge on any atom is 0.255 e. The fourth-order valence-corrected chi connectivity index (χ4v) is 4.08. The van der Waals surface area contributed by atoms with Crippen LogP contribution in [0.15, 0.2) is 75.1 Å². The van der Waals surface area contributed by atoms with Crippen LogP contribution in [0.4, 0.5) is 10.1 Å². The summed E-state index contributed by atoms with van der Waals surface area (Å²) in [4.78, 5) is 11.8. The number of sulfonamides is 2. The zero-order valence-electron chi connectivity index (χ0n) is 15.2. The number of furan rings is 1. The summed E-state index contributed by atoms with van der Waals surface area (Å²) in [6, 6.07) is 10.9. The standard InChI is InChI=1S/C18H16FN3O6S2/c19-13-8-14(10-17(9-13)29(20,24)25)22-18(23)12-3-1-5-16(7-12)30(26,27)21-11-15-4-2-6-28-15/h1-10,21H,11H2,(H,22,23)(H2,20,24,25). The molecule has 4 N–H and O–H groups in total. The first-order chi connectivity index (χ1) is 14.0. The fraction of sp³-hybridized carbons (Fsp3) is 0.0556. The number of nitrogens with one attached hydrogen (secondary N) is 2. The second-order valence-electron chi connectivity index (χ2n) is 6.11. The van der Waals surface area contributed by atoms with Crippen LogP contribution in [-0.2, 0) is 26.6 Å². The number of halogens is 1. The molecule has 0 unspecified atom stereocenters. The molecule has 9 nitrogen and oxygen atoms in total. The number of amides is 1. The Morgan fingerprint density at radius 1 is 1.00 bits per heavy atom. The van der Waals surface area contributed by atoms with Crippen LogP contribution >= 0.6 is 0 Å². The molecule has 1 amide bonds. The summed E-state index contributed by atoms with van der Waals surface area (Å²) in [6.07, 6.45) is 1.41. The molecule has 30 heavy (non-hydrogen) atoms. The Kier molecular flexibility index (Phi) is 6.03. The summed E-state index contributed by atoms with van der Waals surface area (Å²) < 4.78 is 68.8. The van der Waals surface area contributed by atoms with Crippen molar-refractivity contribution < 1.29 is 30.4 Å². The minimum atomic E-state index is -4.19. The van der Waals surface area contributed by atoms with Crippen LogP contribution in [0.2, 0.25) is 0 Å². The number of benzene rings is 2. The van der Waals surface area contributed by atoms with Crippen molar-refractivity contribution in [2.24, 2.45) is 5.14 Å². The molecule has 0 radical (unpaired) electrons. The Bertz CT molecular complexity index is 1290. The van der Waals surface area contributed by atoms with Crippen LogP contribution in [0.5, 0.6) is 0 Å². The van der Waals surface area contributed by atoms with E-state index in [2.05, 4.69) is 10.0 Å². The normalized spacial score (nSPS) is 11.9. The minimum absolute atomic E-state index is 0.0442. The van der Waals surface area contributed by atoms with Gasteiger partial charge in [0.05, 0.1) is 22.6 Å². The zero-order valence-corrected chi connectivity index (χ0v) is 16.8. The molecule has 1 heterocycles. The van der Waals surface area contributed by atoms with Crippen molar-refractivity contribution in [3.8, 4) is 0 Å². The van der Waals surface area contributed by atoms with Crippen LogP contribution in [0, 0.1) is 5.82 Å². The number of carbonyl (C=O) groups excluding carboxylic acids is 1. The van der Waals surface area contributed by atoms with E-state index < -0.39 is 36.7 Å². The van der Waals surface area contributed by atoms with E-state index in [0.717, 1.165) is 18.2 Å². The molecule has 0 bridgehead atoms. The van der Waals surface area contributed by atoms with Crippen molar-refractivity contribution in [3.63, 3.8) is 0 Å². The largest absolute Gasteiger partial charge is 0.468 e. The Hall–Kier alpha value is -3.06. The van der Waals surface area contributed by atoms with Crippen molar-refractivity contribution in [2.75, 3.05) is 5.32 Å². The van der Waals surface area contributed by atoms with E-state index in [1.165, 1.54) is 24.5 Å². The van der Waals surface area contributed by atoms with Crippen LogP contribution in [0.1, 0.15) is 16.1 Å². The fourth-order valence-electron chi connectivity index (χ4n) is 2.47. The van der Waals surface area contributed by atoms with Gasteiger partial charge in [0.25, 0.3) is 5.91 Å². The Balaban J connectivity index is 1.80. The monoisotopic (exact) mass is 453 g/mol. The third-order valence-corrected chi connectivity index (χ3v) is 6.17. The minimum Gasteiger partial charge on any atom is -0.468 e. The smallest absolute Gasteiger partial charge is 0.255 e. The van der Waals surface area contributed by atoms with Gasteiger partial charge in [-0.3, -0.25) is 4.79 Å². The van der Waals surface area contributed by atoms with E-state index in [9.17, 15) is 26.0 Å². The first kappa shape index (κ1) is 21.6. The van der Waals surface area contributed by atoms with Gasteiger partial charge in [-0.25, -0.2) is 31.1 Å². The molecule has 0 aliphatic rings. The molecule has 0 saturated carbocycles. The molecule has 158 valence electrons. The first-order valence-corrected chi connectivity index (χ1v) is 11.3. The molecule has 3 rings (SSSR count). The topological polar surface area (TPSA) is 149 Å². The van der Waals surface area contributed by atoms with E-state index in [1.807, 2.05) is 0 Å². The highest BCUT2D eigenvalue weighted by Gasteiger charge is 2.18. The predicted octanol–water partition coefficient (Wildman–Crippen LogP) is 1.80. The lowest BCUT2D eigenvalue weighted by molar-refractivity contribution is 0.102. The highest BCUT2D eigenvalue weighted by atomic mass is 32.2. The molecule has 0 saturated heterocycles. The van der Waals surface area contributed by atoms with Crippen molar-refractivity contribution in [3.05, 3.63) is 78.0 Å². The summed E-state index contributed by atoms with van der Waals surface area (Å²) >= 11 is 0. The van der Waals surface area contributed by atoms with Crippen LogP contribution < -0.4 is 15.2 Å². The average molecular weight is 453 g/mol. The van der Waals surface area contributed by atoms with E-state index in [0.29, 0.717) is 11.8 Å². The molecule has 1 aromatic heterocycles. The van der Waals surface area contributed by atoms with E-state index >= 15 is 0 Å². The van der Waals surface area contributed by atoms with Crippen molar-refractivity contribution >= 4 is 31.6 Å². The maximum atomic E-state index is 13.7. The number of carbonyl (C=O) groups is 1. The third-order valence-electron chi connectivity index (χ3n) is 3.88. The summed E-state index contributed by atoms with van der Waals surface area (Å²) in [5, 5.41) is 7.30. The van der Waals surface area contributed by atoms with Gasteiger partial charge >= 0.3 is 0 Å². The number of hydrogen-bond donors (Lipinski definition) is 3. The zero-order chi connectivity index (χ0) is 21.9. The quantitative estimate of drug-likeness (QED) is 0.497. The Morgan fingerprint density at radius 2 is 1.77 bits per heavy atom. The summed E-state index contributed by atoms with van der Waals surface area (Å²) in [5.41, 5.74) is -0.203. The molecule has 0 aliphatic heterocycles. The highest BCUT2D eigenvalue weighted by molar-refractivity contribution is 7.89. The van der Waals surface area contributed by atoms with Gasteiger partial charge in [-0.05, 0) is 48.5 Å². The van der Waals surface area contributed by atoms with E-state index in [1.54, 1.807) is 12.1 Å². The van der Waals surface area contributed by atoms with Crippen molar-refractivity contribution in [1.29, 1.82) is 0 Å². The lowest BCUT2D eigenvalue weighted by atomic mass is 10.2. The third kappa shape index (κ3) is 5.30. The second-order valence-corrected chi connectivity index (χ2v) is 9.43. The number of hydrogen-bond acceptors (Lipinski definition) is 6. The van der Waals surface area contributed by atoms with Gasteiger partial charge < -0.3 is 9.73 Å². The van der Waals surface area contributed by atoms with Crippen LogP contribution in [0.25, 0.3) is 0 Å². The number of anilines is 1. The van der Waals surface area contributed by atoms with Gasteiger partial charge in [0.1, 0.15) is 11.6 Å². The van der Waals surface area contributed by atoms with E-state index in [-0.39, 0.29) is 22.7 Å². The van der Waals surface area contributed by atoms with Crippen molar-refractivity contribution in [1.82, 2.24) is 4.72 Å². The van der Waals surface area contributed by atoms with Crippen molar-refractivity contribution in [2.45, 2.75) is 16.3 Å². The SMILES string of the molecule is NS(=O)(=O)c1cc(F)cc(NC(=O)c2cccc(S(=O)(=O)NCc3ccco3)c2)c1. The number of nitrogens with two attached hydrogens (primary N) is 1. The van der Waals surface area contributed by atoms with Gasteiger partial charge in [0, 0.05) is 11.3 Å². The molecule has 2 aromatic carbocycles. The molecule has 12 heteroatoms. The van der Waals surface area contributed by atoms with Crippen LogP contribution in [-0.4, -0.2) is 22.7 Å². The van der Waals surface area contributed by atoms with Gasteiger partial charge in [-0.1, -0.05) is 6.07 Å². The molecular formula is C18H16FN3O6S2. The lowest BCUT2D eigenvalue weighted by Gasteiger charge is -2.09. The lowest BCUT2D eigenvalue weighted by Crippen LogP contribution is -2.23. The summed E-state index contributed by atoms with van der Waals surface area (Å²) in [6.45, 7) is -0.0780. The molecule has 3 aromatic rings. The molecular weight excluding hydrogens is 437 g/mol. The highest BCUT2D eigenvalue weighted by Crippen LogP contribution is 2.19. The molecule has 0 spiro atoms. The van der Waals surface area contributed by atoms with Gasteiger partial charge in [0.2, 0.25) is 20.0 Å². The first-order valence-electron chi connectivity index (χ1n) is 8.31. The molecule has 0 aliphatic carbocycles. The number of primary sulfonamides is 1. The maximum absolute atomic E-state index is 13.7. The molecule has 0 fully saturated rings. The average Bonchev–Trinajstić information content (AvgIpc) is 3.19. The van der Waals surface area contributed by atoms with Gasteiger partial charge in [0.15, 0.2) is 0 Å². The summed E-state index contributed by atoms with van der Waals surface area (Å²) in [7, 11) is -8.13. The van der Waals surface area contributed by atoms with Gasteiger partial charge in [-0.2, -0.15) is 0 Å². The Labute approximate surface area is 171 Å². The van der Waals surface area contributed by atoms with Crippen LogP contribution in [0.3, 0.4) is 0 Å². The number of rotatable bonds is 7. The summed E-state index contributed by atoms with van der Waals surface area (Å²) in [5.74, 6) is -1.29. The van der Waals surface area contributed by atoms with Gasteiger partial charge in [-0.15, -0.1) is 0 Å². The predicted molar refractivity (Wildman–Crippen MR) is 105 cm³/mol. The second kappa shape index (κ2) is 8.36.